The molecule has 2 heterocycles. The smallest absolute Gasteiger partial charge is 0.122 e. The Hall–Kier alpha value is -1.59. The topological polar surface area (TPSA) is 58.9 Å². The van der Waals surface area contributed by atoms with Gasteiger partial charge in [0.1, 0.15) is 17.5 Å². The first-order valence-electron chi connectivity index (χ1n) is 9.92. The summed E-state index contributed by atoms with van der Waals surface area (Å²) in [4.78, 5) is 0. The van der Waals surface area contributed by atoms with Gasteiger partial charge < -0.3 is 19.7 Å². The van der Waals surface area contributed by atoms with Crippen molar-refractivity contribution in [1.82, 2.24) is 0 Å². The maximum Gasteiger partial charge on any atom is 0.122 e. The number of aliphatic hydroxyl groups is 2. The lowest BCUT2D eigenvalue weighted by Gasteiger charge is -2.45. The summed E-state index contributed by atoms with van der Waals surface area (Å²) in [5, 5.41) is 21.9. The van der Waals surface area contributed by atoms with Crippen molar-refractivity contribution in [3.63, 3.8) is 0 Å². The van der Waals surface area contributed by atoms with E-state index in [0.29, 0.717) is 30.9 Å². The molecule has 2 fully saturated rings. The second-order valence-corrected chi connectivity index (χ2v) is 8.62. The zero-order chi connectivity index (χ0) is 19.9. The van der Waals surface area contributed by atoms with E-state index in [2.05, 4.69) is 0 Å². The minimum Gasteiger partial charge on any atom is -0.494 e. The molecule has 2 bridgehead atoms. The Morgan fingerprint density at radius 2 is 1.89 bits per heavy atom. The first-order chi connectivity index (χ1) is 13.3. The van der Waals surface area contributed by atoms with Crippen LogP contribution < -0.4 is 4.74 Å². The molecule has 0 spiro atoms. The number of hydrogen-bond acceptors (Lipinski definition) is 4. The molecule has 5 heteroatoms. The number of rotatable bonds is 5. The minimum atomic E-state index is -0.942. The Kier molecular flexibility index (Phi) is 5.17. The number of hydrogen-bond donors (Lipinski definition) is 2. The molecule has 0 aromatic heterocycles. The fourth-order valence-electron chi connectivity index (χ4n) is 4.65. The number of benzene rings is 2. The Labute approximate surface area is 171 Å². The summed E-state index contributed by atoms with van der Waals surface area (Å²) in [5.74, 6) is 0.850. The molecular formula is C23H27ClO4. The van der Waals surface area contributed by atoms with Gasteiger partial charge in [-0.05, 0) is 68.0 Å². The highest BCUT2D eigenvalue weighted by Crippen LogP contribution is 2.53. The zero-order valence-electron chi connectivity index (χ0n) is 16.3. The standard InChI is InChI=1S/C23H27ClO4/c1-3-27-18-7-4-15(5-8-18)12-16-13-17(6-9-19(16)24)23-11-10-22(2,28-23)14-20(25)21(23)26/h4-9,13,20-21,25-26H,3,10-12,14H2,1-2H3/t20-,21+,22-,23-/m0/s1. The Morgan fingerprint density at radius 1 is 1.14 bits per heavy atom. The number of fused-ring (bicyclic) bond motifs is 2. The van der Waals surface area contributed by atoms with Gasteiger partial charge in [0.25, 0.3) is 0 Å². The van der Waals surface area contributed by atoms with E-state index in [0.717, 1.165) is 28.9 Å². The molecule has 2 aromatic carbocycles. The molecule has 0 saturated carbocycles. The fraction of sp³-hybridized carbons (Fsp3) is 0.478. The van der Waals surface area contributed by atoms with Crippen molar-refractivity contribution in [2.75, 3.05) is 6.61 Å². The van der Waals surface area contributed by atoms with E-state index in [-0.39, 0.29) is 0 Å². The molecule has 4 atom stereocenters. The first-order valence-corrected chi connectivity index (χ1v) is 10.3. The van der Waals surface area contributed by atoms with Gasteiger partial charge in [0.2, 0.25) is 0 Å². The van der Waals surface area contributed by atoms with E-state index in [4.69, 9.17) is 21.1 Å². The molecular weight excluding hydrogens is 376 g/mol. The van der Waals surface area contributed by atoms with Gasteiger partial charge in [0, 0.05) is 11.4 Å². The highest BCUT2D eigenvalue weighted by atomic mass is 35.5. The Bertz CT molecular complexity index is 852. The van der Waals surface area contributed by atoms with Gasteiger partial charge in [-0.15, -0.1) is 0 Å². The van der Waals surface area contributed by atoms with Crippen molar-refractivity contribution in [3.05, 3.63) is 64.2 Å². The number of aliphatic hydroxyl groups excluding tert-OH is 2. The van der Waals surface area contributed by atoms with Crippen molar-refractivity contribution in [2.45, 2.75) is 62.9 Å². The van der Waals surface area contributed by atoms with Gasteiger partial charge in [-0.2, -0.15) is 0 Å². The predicted octanol–water partition coefficient (Wildman–Crippen LogP) is 4.22. The third kappa shape index (κ3) is 3.43. The lowest BCUT2D eigenvalue weighted by atomic mass is 9.81. The van der Waals surface area contributed by atoms with Crippen molar-refractivity contribution in [3.8, 4) is 5.75 Å². The summed E-state index contributed by atoms with van der Waals surface area (Å²) in [5.41, 5.74) is 1.72. The van der Waals surface area contributed by atoms with Crippen LogP contribution >= 0.6 is 11.6 Å². The molecule has 2 aliphatic heterocycles. The molecule has 28 heavy (non-hydrogen) atoms. The lowest BCUT2D eigenvalue weighted by molar-refractivity contribution is -0.231. The van der Waals surface area contributed by atoms with Gasteiger partial charge in [0.05, 0.1) is 18.3 Å². The van der Waals surface area contributed by atoms with Crippen molar-refractivity contribution < 1.29 is 19.7 Å². The average Bonchev–Trinajstić information content (AvgIpc) is 2.98. The van der Waals surface area contributed by atoms with E-state index in [1.165, 1.54) is 0 Å². The molecule has 150 valence electrons. The van der Waals surface area contributed by atoms with Gasteiger partial charge in [-0.25, -0.2) is 0 Å². The molecule has 0 unspecified atom stereocenters. The normalized spacial score (nSPS) is 31.8. The third-order valence-corrected chi connectivity index (χ3v) is 6.47. The zero-order valence-corrected chi connectivity index (χ0v) is 17.1. The molecule has 2 aromatic rings. The van der Waals surface area contributed by atoms with E-state index < -0.39 is 23.4 Å². The molecule has 0 amide bonds. The molecule has 2 aliphatic rings. The van der Waals surface area contributed by atoms with E-state index in [1.54, 1.807) is 0 Å². The van der Waals surface area contributed by atoms with Crippen molar-refractivity contribution in [1.29, 1.82) is 0 Å². The molecule has 2 saturated heterocycles. The lowest BCUT2D eigenvalue weighted by Crippen LogP contribution is -2.54. The van der Waals surface area contributed by atoms with Crippen molar-refractivity contribution >= 4 is 11.6 Å². The molecule has 0 aliphatic carbocycles. The van der Waals surface area contributed by atoms with Crippen LogP contribution in [-0.2, 0) is 16.8 Å². The van der Waals surface area contributed by atoms with Gasteiger partial charge in [-0.1, -0.05) is 35.9 Å². The first kappa shape index (κ1) is 19.7. The van der Waals surface area contributed by atoms with E-state index in [9.17, 15) is 10.2 Å². The van der Waals surface area contributed by atoms with Gasteiger partial charge in [-0.3, -0.25) is 0 Å². The average molecular weight is 403 g/mol. The molecule has 2 N–H and O–H groups in total. The van der Waals surface area contributed by atoms with Crippen LogP contribution in [0.4, 0.5) is 0 Å². The predicted molar refractivity (Wildman–Crippen MR) is 109 cm³/mol. The monoisotopic (exact) mass is 402 g/mol. The summed E-state index contributed by atoms with van der Waals surface area (Å²) < 4.78 is 11.9. The second kappa shape index (κ2) is 7.34. The highest BCUT2D eigenvalue weighted by Gasteiger charge is 2.59. The van der Waals surface area contributed by atoms with E-state index >= 15 is 0 Å². The second-order valence-electron chi connectivity index (χ2n) is 8.22. The molecule has 4 rings (SSSR count). The van der Waals surface area contributed by atoms with Crippen LogP contribution in [0.1, 0.15) is 49.8 Å². The van der Waals surface area contributed by atoms with Crippen LogP contribution in [-0.4, -0.2) is 34.6 Å². The third-order valence-electron chi connectivity index (χ3n) is 6.10. The summed E-state index contributed by atoms with van der Waals surface area (Å²) in [7, 11) is 0. The fourth-order valence-corrected chi connectivity index (χ4v) is 4.83. The van der Waals surface area contributed by atoms with Crippen LogP contribution in [0.3, 0.4) is 0 Å². The van der Waals surface area contributed by atoms with Crippen molar-refractivity contribution in [2.24, 2.45) is 0 Å². The van der Waals surface area contributed by atoms with Crippen LogP contribution in [0.25, 0.3) is 0 Å². The van der Waals surface area contributed by atoms with E-state index in [1.807, 2.05) is 56.3 Å². The number of ether oxygens (including phenoxy) is 2. The summed E-state index contributed by atoms with van der Waals surface area (Å²) in [6.45, 7) is 4.62. The summed E-state index contributed by atoms with van der Waals surface area (Å²) in [6.07, 6.45) is 0.909. The van der Waals surface area contributed by atoms with Crippen LogP contribution in [0.2, 0.25) is 5.02 Å². The maximum atomic E-state index is 10.8. The summed E-state index contributed by atoms with van der Waals surface area (Å²) >= 11 is 6.48. The largest absolute Gasteiger partial charge is 0.494 e. The quantitative estimate of drug-likeness (QED) is 0.786. The molecule has 4 nitrogen and oxygen atoms in total. The maximum absolute atomic E-state index is 10.8. The minimum absolute atomic E-state index is 0.395. The van der Waals surface area contributed by atoms with Crippen LogP contribution in [0.15, 0.2) is 42.5 Å². The number of halogens is 1. The van der Waals surface area contributed by atoms with Crippen LogP contribution in [0, 0.1) is 0 Å². The Balaban J connectivity index is 1.64. The SMILES string of the molecule is CCOc1ccc(Cc2cc([C@@]34CC[C@@](C)(C[C@H](O)[C@H]3O)O4)ccc2Cl)cc1. The molecule has 0 radical (unpaired) electrons. The Morgan fingerprint density at radius 3 is 2.61 bits per heavy atom. The van der Waals surface area contributed by atoms with Crippen LogP contribution in [0.5, 0.6) is 5.75 Å². The summed E-state index contributed by atoms with van der Waals surface area (Å²) in [6, 6.07) is 13.8. The highest BCUT2D eigenvalue weighted by molar-refractivity contribution is 6.31. The van der Waals surface area contributed by atoms with Gasteiger partial charge >= 0.3 is 0 Å². The van der Waals surface area contributed by atoms with Gasteiger partial charge in [0.15, 0.2) is 0 Å².